The second-order valence-electron chi connectivity index (χ2n) is 6.98. The minimum atomic E-state index is 0.640. The molecule has 0 aliphatic rings. The Bertz CT molecular complexity index is 912. The Hall–Kier alpha value is -2.79. The number of aromatic amines is 1. The van der Waals surface area contributed by atoms with E-state index in [1.807, 2.05) is 0 Å². The summed E-state index contributed by atoms with van der Waals surface area (Å²) in [6.07, 6.45) is 3.05. The van der Waals surface area contributed by atoms with Crippen LogP contribution in [0.25, 0.3) is 10.9 Å². The topological polar surface area (TPSA) is 61.4 Å². The van der Waals surface area contributed by atoms with Gasteiger partial charge >= 0.3 is 0 Å². The van der Waals surface area contributed by atoms with Gasteiger partial charge < -0.3 is 20.4 Å². The van der Waals surface area contributed by atoms with Crippen molar-refractivity contribution in [2.24, 2.45) is 4.99 Å². The number of aryl methyl sites for hydroxylation is 1. The number of H-pyrrole nitrogens is 1. The molecule has 5 nitrogen and oxygen atoms in total. The number of aliphatic imine (C=N–C) groups is 1. The molecule has 0 radical (unpaired) electrons. The molecule has 0 spiro atoms. The SMILES string of the molecule is CCNC(=NCc1ccc(COC)cc1)NCCc1c[nH]c2cc(C)ccc12. The average molecular weight is 379 g/mol. The molecule has 5 heteroatoms. The maximum atomic E-state index is 5.16. The van der Waals surface area contributed by atoms with Gasteiger partial charge in [-0.15, -0.1) is 0 Å². The Labute approximate surface area is 167 Å². The fraction of sp³-hybridized carbons (Fsp3) is 0.348. The molecule has 1 heterocycles. The number of hydrogen-bond donors (Lipinski definition) is 3. The molecule has 0 atom stereocenters. The van der Waals surface area contributed by atoms with E-state index in [1.54, 1.807) is 7.11 Å². The van der Waals surface area contributed by atoms with Crippen molar-refractivity contribution < 1.29 is 4.74 Å². The molecule has 3 rings (SSSR count). The number of ether oxygens (including phenoxy) is 1. The van der Waals surface area contributed by atoms with Crippen LogP contribution in [-0.2, 0) is 24.3 Å². The maximum Gasteiger partial charge on any atom is 0.191 e. The summed E-state index contributed by atoms with van der Waals surface area (Å²) in [5.74, 6) is 0.846. The van der Waals surface area contributed by atoms with E-state index in [9.17, 15) is 0 Å². The zero-order valence-corrected chi connectivity index (χ0v) is 17.0. The first kappa shape index (κ1) is 20.0. The lowest BCUT2D eigenvalue weighted by Gasteiger charge is -2.11. The fourth-order valence-electron chi connectivity index (χ4n) is 3.24. The summed E-state index contributed by atoms with van der Waals surface area (Å²) >= 11 is 0. The Morgan fingerprint density at radius 3 is 2.61 bits per heavy atom. The van der Waals surface area contributed by atoms with Gasteiger partial charge in [-0.3, -0.25) is 0 Å². The summed E-state index contributed by atoms with van der Waals surface area (Å²) in [6, 6.07) is 14.9. The number of benzene rings is 2. The highest BCUT2D eigenvalue weighted by atomic mass is 16.5. The normalized spacial score (nSPS) is 11.8. The van der Waals surface area contributed by atoms with Crippen LogP contribution in [0.3, 0.4) is 0 Å². The lowest BCUT2D eigenvalue weighted by molar-refractivity contribution is 0.185. The monoisotopic (exact) mass is 378 g/mol. The van der Waals surface area contributed by atoms with Crippen molar-refractivity contribution in [3.8, 4) is 0 Å². The van der Waals surface area contributed by atoms with E-state index in [0.29, 0.717) is 13.2 Å². The molecule has 3 aromatic rings. The van der Waals surface area contributed by atoms with Crippen molar-refractivity contribution in [3.05, 3.63) is 70.9 Å². The smallest absolute Gasteiger partial charge is 0.191 e. The Morgan fingerprint density at radius 1 is 1.07 bits per heavy atom. The molecule has 1 aromatic heterocycles. The van der Waals surface area contributed by atoms with Gasteiger partial charge in [0.1, 0.15) is 0 Å². The Morgan fingerprint density at radius 2 is 1.86 bits per heavy atom. The third kappa shape index (κ3) is 5.36. The van der Waals surface area contributed by atoms with Crippen LogP contribution in [0.2, 0.25) is 0 Å². The van der Waals surface area contributed by atoms with Gasteiger partial charge in [0.05, 0.1) is 13.2 Å². The van der Waals surface area contributed by atoms with Crippen molar-refractivity contribution in [2.75, 3.05) is 20.2 Å². The van der Waals surface area contributed by atoms with Crippen molar-refractivity contribution in [3.63, 3.8) is 0 Å². The molecule has 0 saturated carbocycles. The van der Waals surface area contributed by atoms with E-state index in [1.165, 1.54) is 33.2 Å². The highest BCUT2D eigenvalue weighted by Crippen LogP contribution is 2.19. The van der Waals surface area contributed by atoms with Crippen LogP contribution >= 0.6 is 0 Å². The lowest BCUT2D eigenvalue weighted by atomic mass is 10.1. The predicted molar refractivity (Wildman–Crippen MR) is 117 cm³/mol. The highest BCUT2D eigenvalue weighted by molar-refractivity contribution is 5.84. The number of methoxy groups -OCH3 is 1. The zero-order chi connectivity index (χ0) is 19.8. The first-order chi connectivity index (χ1) is 13.7. The van der Waals surface area contributed by atoms with E-state index in [2.05, 4.69) is 78.1 Å². The molecule has 0 saturated heterocycles. The molecule has 0 aliphatic heterocycles. The van der Waals surface area contributed by atoms with E-state index in [0.717, 1.165) is 25.5 Å². The number of aromatic nitrogens is 1. The van der Waals surface area contributed by atoms with Crippen molar-refractivity contribution >= 4 is 16.9 Å². The van der Waals surface area contributed by atoms with Crippen LogP contribution in [0, 0.1) is 6.92 Å². The van der Waals surface area contributed by atoms with Crippen LogP contribution in [0.5, 0.6) is 0 Å². The molecule has 2 aromatic carbocycles. The minimum absolute atomic E-state index is 0.640. The van der Waals surface area contributed by atoms with Crippen LogP contribution in [-0.4, -0.2) is 31.1 Å². The standard InChI is InChI=1S/C23H30N4O/c1-4-24-23(27-14-18-6-8-19(9-7-18)16-28-3)25-12-11-20-15-26-22-13-17(2)5-10-21(20)22/h5-10,13,15,26H,4,11-12,14,16H2,1-3H3,(H2,24,25,27). The number of hydrogen-bond acceptors (Lipinski definition) is 2. The van der Waals surface area contributed by atoms with Crippen molar-refractivity contribution in [1.82, 2.24) is 15.6 Å². The van der Waals surface area contributed by atoms with Crippen molar-refractivity contribution in [2.45, 2.75) is 33.4 Å². The molecule has 3 N–H and O–H groups in total. The highest BCUT2D eigenvalue weighted by Gasteiger charge is 2.04. The van der Waals surface area contributed by atoms with E-state index in [-0.39, 0.29) is 0 Å². The van der Waals surface area contributed by atoms with Gasteiger partial charge in [-0.05, 0) is 48.6 Å². The van der Waals surface area contributed by atoms with Gasteiger partial charge in [0, 0.05) is 37.3 Å². The second kappa shape index (κ2) is 9.95. The summed E-state index contributed by atoms with van der Waals surface area (Å²) in [6.45, 7) is 7.16. The maximum absolute atomic E-state index is 5.16. The fourth-order valence-corrected chi connectivity index (χ4v) is 3.24. The summed E-state index contributed by atoms with van der Waals surface area (Å²) in [7, 11) is 1.71. The van der Waals surface area contributed by atoms with Gasteiger partial charge in [0.25, 0.3) is 0 Å². The molecule has 28 heavy (non-hydrogen) atoms. The number of guanidine groups is 1. The van der Waals surface area contributed by atoms with Crippen LogP contribution in [0.1, 0.15) is 29.2 Å². The zero-order valence-electron chi connectivity index (χ0n) is 17.0. The molecule has 0 fully saturated rings. The van der Waals surface area contributed by atoms with Gasteiger partial charge in [0.2, 0.25) is 0 Å². The number of nitrogens with zero attached hydrogens (tertiary/aromatic N) is 1. The molecule has 0 bridgehead atoms. The second-order valence-corrected chi connectivity index (χ2v) is 6.98. The third-order valence-corrected chi connectivity index (χ3v) is 4.71. The van der Waals surface area contributed by atoms with Gasteiger partial charge in [-0.2, -0.15) is 0 Å². The summed E-state index contributed by atoms with van der Waals surface area (Å²) < 4.78 is 5.16. The molecule has 0 amide bonds. The largest absolute Gasteiger partial charge is 0.380 e. The summed E-state index contributed by atoms with van der Waals surface area (Å²) in [5.41, 5.74) is 6.16. The Balaban J connectivity index is 1.56. The number of fused-ring (bicyclic) bond motifs is 1. The predicted octanol–water partition coefficient (Wildman–Crippen LogP) is 3.92. The van der Waals surface area contributed by atoms with Gasteiger partial charge in [0.15, 0.2) is 5.96 Å². The van der Waals surface area contributed by atoms with Crippen molar-refractivity contribution in [1.29, 1.82) is 0 Å². The average Bonchev–Trinajstić information content (AvgIpc) is 3.09. The quantitative estimate of drug-likeness (QED) is 0.411. The molecule has 0 unspecified atom stereocenters. The van der Waals surface area contributed by atoms with Crippen LogP contribution < -0.4 is 10.6 Å². The minimum Gasteiger partial charge on any atom is -0.380 e. The van der Waals surface area contributed by atoms with Gasteiger partial charge in [-0.25, -0.2) is 4.99 Å². The number of nitrogens with one attached hydrogen (secondary N) is 3. The van der Waals surface area contributed by atoms with E-state index < -0.39 is 0 Å². The lowest BCUT2D eigenvalue weighted by Crippen LogP contribution is -2.38. The molecule has 148 valence electrons. The summed E-state index contributed by atoms with van der Waals surface area (Å²) in [5, 5.41) is 8.06. The van der Waals surface area contributed by atoms with E-state index >= 15 is 0 Å². The first-order valence-corrected chi connectivity index (χ1v) is 9.85. The first-order valence-electron chi connectivity index (χ1n) is 9.85. The summed E-state index contributed by atoms with van der Waals surface area (Å²) in [4.78, 5) is 8.08. The third-order valence-electron chi connectivity index (χ3n) is 4.71. The molecule has 0 aliphatic carbocycles. The van der Waals surface area contributed by atoms with Gasteiger partial charge in [-0.1, -0.05) is 36.4 Å². The molecular weight excluding hydrogens is 348 g/mol. The molecular formula is C23H30N4O. The van der Waals surface area contributed by atoms with E-state index in [4.69, 9.17) is 9.73 Å². The number of rotatable bonds is 8. The van der Waals surface area contributed by atoms with Crippen LogP contribution in [0.4, 0.5) is 0 Å². The Kier molecular flexibility index (Phi) is 7.09. The van der Waals surface area contributed by atoms with Crippen LogP contribution in [0.15, 0.2) is 53.7 Å².